The van der Waals surface area contributed by atoms with E-state index in [4.69, 9.17) is 5.73 Å². The number of hydrogen-bond donors (Lipinski definition) is 1. The fourth-order valence-electron chi connectivity index (χ4n) is 2.03. The van der Waals surface area contributed by atoms with Crippen LogP contribution in [0, 0.1) is 6.92 Å². The summed E-state index contributed by atoms with van der Waals surface area (Å²) in [6.45, 7) is 5.32. The molecule has 2 N–H and O–H groups in total. The first-order valence-electron chi connectivity index (χ1n) is 5.18. The third kappa shape index (κ3) is 1.54. The highest BCUT2D eigenvalue weighted by Crippen LogP contribution is 2.28. The van der Waals surface area contributed by atoms with Crippen LogP contribution in [-0.2, 0) is 0 Å². The van der Waals surface area contributed by atoms with Gasteiger partial charge in [-0.15, -0.1) is 0 Å². The van der Waals surface area contributed by atoms with Gasteiger partial charge in [0.25, 0.3) is 0 Å². The van der Waals surface area contributed by atoms with Crippen LogP contribution in [0.25, 0.3) is 0 Å². The Morgan fingerprint density at radius 2 is 2.29 bits per heavy atom. The van der Waals surface area contributed by atoms with Gasteiger partial charge >= 0.3 is 0 Å². The van der Waals surface area contributed by atoms with E-state index in [0.717, 1.165) is 23.7 Å². The summed E-state index contributed by atoms with van der Waals surface area (Å²) in [5.74, 6) is 0.968. The van der Waals surface area contributed by atoms with Crippen molar-refractivity contribution in [2.45, 2.75) is 32.7 Å². The smallest absolute Gasteiger partial charge is 0.152 e. The summed E-state index contributed by atoms with van der Waals surface area (Å²) in [4.78, 5) is 6.81. The number of pyridine rings is 1. The fourth-order valence-corrected chi connectivity index (χ4v) is 2.03. The van der Waals surface area contributed by atoms with Gasteiger partial charge in [0, 0.05) is 18.3 Å². The molecule has 0 radical (unpaired) electrons. The highest BCUT2D eigenvalue weighted by Gasteiger charge is 2.23. The number of aryl methyl sites for hydroxylation is 1. The van der Waals surface area contributed by atoms with Crippen LogP contribution in [-0.4, -0.2) is 17.6 Å². The van der Waals surface area contributed by atoms with Crippen molar-refractivity contribution in [1.82, 2.24) is 4.98 Å². The second kappa shape index (κ2) is 3.48. The van der Waals surface area contributed by atoms with Crippen molar-refractivity contribution in [3.8, 4) is 0 Å². The molecule has 1 atom stereocenters. The average Bonchev–Trinajstić information content (AvgIpc) is 2.56. The molecule has 1 unspecified atom stereocenters. The number of nitrogen functional groups attached to an aromatic ring is 1. The van der Waals surface area contributed by atoms with Gasteiger partial charge in [0.05, 0.1) is 5.69 Å². The molecule has 3 heteroatoms. The monoisotopic (exact) mass is 191 g/mol. The van der Waals surface area contributed by atoms with E-state index in [9.17, 15) is 0 Å². The first kappa shape index (κ1) is 9.31. The normalized spacial score (nSPS) is 21.6. The molecule has 1 aliphatic heterocycles. The van der Waals surface area contributed by atoms with Gasteiger partial charge in [-0.2, -0.15) is 0 Å². The van der Waals surface area contributed by atoms with Gasteiger partial charge in [-0.1, -0.05) is 0 Å². The van der Waals surface area contributed by atoms with Crippen molar-refractivity contribution in [2.75, 3.05) is 17.2 Å². The quantitative estimate of drug-likeness (QED) is 0.737. The van der Waals surface area contributed by atoms with Crippen LogP contribution >= 0.6 is 0 Å². The summed E-state index contributed by atoms with van der Waals surface area (Å²) in [7, 11) is 0. The van der Waals surface area contributed by atoms with Crippen LogP contribution in [0.3, 0.4) is 0 Å². The van der Waals surface area contributed by atoms with Gasteiger partial charge in [0.2, 0.25) is 0 Å². The Balaban J connectivity index is 2.34. The minimum absolute atomic E-state index is 0.576. The number of anilines is 2. The summed E-state index contributed by atoms with van der Waals surface area (Å²) in [5, 5.41) is 0. The van der Waals surface area contributed by atoms with Crippen molar-refractivity contribution in [1.29, 1.82) is 0 Å². The zero-order valence-electron chi connectivity index (χ0n) is 8.83. The largest absolute Gasteiger partial charge is 0.396 e. The molecule has 1 fully saturated rings. The van der Waals surface area contributed by atoms with E-state index in [0.29, 0.717) is 6.04 Å². The minimum Gasteiger partial charge on any atom is -0.396 e. The Labute approximate surface area is 84.9 Å². The van der Waals surface area contributed by atoms with Gasteiger partial charge < -0.3 is 10.6 Å². The summed E-state index contributed by atoms with van der Waals surface area (Å²) in [5.41, 5.74) is 7.76. The third-order valence-corrected chi connectivity index (χ3v) is 2.87. The first-order valence-corrected chi connectivity index (χ1v) is 5.18. The summed E-state index contributed by atoms with van der Waals surface area (Å²) >= 11 is 0. The van der Waals surface area contributed by atoms with E-state index in [2.05, 4.69) is 16.8 Å². The molecule has 1 aromatic heterocycles. The molecule has 0 amide bonds. The fraction of sp³-hybridized carbons (Fsp3) is 0.545. The van der Waals surface area contributed by atoms with Crippen molar-refractivity contribution in [3.05, 3.63) is 17.8 Å². The first-order chi connectivity index (χ1) is 6.68. The topological polar surface area (TPSA) is 42.1 Å². The van der Waals surface area contributed by atoms with Crippen LogP contribution in [0.15, 0.2) is 12.1 Å². The second-order valence-electron chi connectivity index (χ2n) is 4.05. The standard InChI is InChI=1S/C11H17N3/c1-8-5-6-10(12)11(13-8)14-7-3-4-9(14)2/h5-6,9H,3-4,7,12H2,1-2H3. The Morgan fingerprint density at radius 1 is 1.50 bits per heavy atom. The predicted molar refractivity (Wildman–Crippen MR) is 59.4 cm³/mol. The molecule has 0 aromatic carbocycles. The SMILES string of the molecule is Cc1ccc(N)c(N2CCCC2C)n1. The molecule has 0 saturated carbocycles. The molecule has 14 heavy (non-hydrogen) atoms. The lowest BCUT2D eigenvalue weighted by Gasteiger charge is -2.24. The van der Waals surface area contributed by atoms with Gasteiger partial charge in [0.1, 0.15) is 0 Å². The van der Waals surface area contributed by atoms with Crippen LogP contribution in [0.5, 0.6) is 0 Å². The molecular formula is C11H17N3. The van der Waals surface area contributed by atoms with E-state index in [1.54, 1.807) is 0 Å². The van der Waals surface area contributed by atoms with Gasteiger partial charge in [-0.3, -0.25) is 0 Å². The maximum Gasteiger partial charge on any atom is 0.152 e. The Hall–Kier alpha value is -1.25. The third-order valence-electron chi connectivity index (χ3n) is 2.87. The van der Waals surface area contributed by atoms with E-state index in [1.807, 2.05) is 19.1 Å². The van der Waals surface area contributed by atoms with Gasteiger partial charge in [-0.25, -0.2) is 4.98 Å². The number of aromatic nitrogens is 1. The minimum atomic E-state index is 0.576. The molecule has 0 bridgehead atoms. The molecule has 2 heterocycles. The van der Waals surface area contributed by atoms with E-state index in [-0.39, 0.29) is 0 Å². The maximum absolute atomic E-state index is 5.93. The number of hydrogen-bond acceptors (Lipinski definition) is 3. The van der Waals surface area contributed by atoms with E-state index >= 15 is 0 Å². The molecule has 2 rings (SSSR count). The summed E-state index contributed by atoms with van der Waals surface area (Å²) in [6.07, 6.45) is 2.49. The lowest BCUT2D eigenvalue weighted by molar-refractivity contribution is 0.727. The number of rotatable bonds is 1. The highest BCUT2D eigenvalue weighted by molar-refractivity contribution is 5.63. The Kier molecular flexibility index (Phi) is 2.32. The van der Waals surface area contributed by atoms with Crippen LogP contribution in [0.1, 0.15) is 25.5 Å². The molecule has 3 nitrogen and oxygen atoms in total. The van der Waals surface area contributed by atoms with Crippen LogP contribution in [0.2, 0.25) is 0 Å². The molecular weight excluding hydrogens is 174 g/mol. The highest BCUT2D eigenvalue weighted by atomic mass is 15.2. The predicted octanol–water partition coefficient (Wildman–Crippen LogP) is 1.96. The van der Waals surface area contributed by atoms with Gasteiger partial charge in [-0.05, 0) is 38.8 Å². The molecule has 1 saturated heterocycles. The second-order valence-corrected chi connectivity index (χ2v) is 4.05. The lowest BCUT2D eigenvalue weighted by atomic mass is 10.2. The molecule has 1 aliphatic rings. The van der Waals surface area contributed by atoms with Crippen molar-refractivity contribution in [3.63, 3.8) is 0 Å². The van der Waals surface area contributed by atoms with Crippen LogP contribution in [0.4, 0.5) is 11.5 Å². The number of nitrogens with two attached hydrogens (primary N) is 1. The van der Waals surface area contributed by atoms with Gasteiger partial charge in [0.15, 0.2) is 5.82 Å². The summed E-state index contributed by atoms with van der Waals surface area (Å²) < 4.78 is 0. The molecule has 0 spiro atoms. The molecule has 76 valence electrons. The van der Waals surface area contributed by atoms with Crippen molar-refractivity contribution in [2.24, 2.45) is 0 Å². The maximum atomic E-state index is 5.93. The van der Waals surface area contributed by atoms with E-state index < -0.39 is 0 Å². The van der Waals surface area contributed by atoms with Crippen molar-refractivity contribution >= 4 is 11.5 Å². The number of nitrogens with zero attached hydrogens (tertiary/aromatic N) is 2. The zero-order valence-corrected chi connectivity index (χ0v) is 8.83. The Morgan fingerprint density at radius 3 is 2.93 bits per heavy atom. The zero-order chi connectivity index (χ0) is 10.1. The Bertz CT molecular complexity index is 335. The van der Waals surface area contributed by atoms with Crippen molar-refractivity contribution < 1.29 is 0 Å². The summed E-state index contributed by atoms with van der Waals surface area (Å²) in [6, 6.07) is 4.48. The molecule has 1 aromatic rings. The van der Waals surface area contributed by atoms with Crippen LogP contribution < -0.4 is 10.6 Å². The molecule has 0 aliphatic carbocycles. The lowest BCUT2D eigenvalue weighted by Crippen LogP contribution is -2.28. The average molecular weight is 191 g/mol. The van der Waals surface area contributed by atoms with E-state index in [1.165, 1.54) is 12.8 Å².